The van der Waals surface area contributed by atoms with Crippen molar-refractivity contribution >= 4 is 80.2 Å². The second-order valence-electron chi connectivity index (χ2n) is 38.8. The molecule has 0 spiro atoms. The van der Waals surface area contributed by atoms with Crippen molar-refractivity contribution in [3.05, 3.63) is 322 Å². The number of aromatic nitrogens is 2. The number of hydrogen-bond acceptors (Lipinski definition) is 14. The second kappa shape index (κ2) is 43.2. The van der Waals surface area contributed by atoms with Crippen LogP contribution in [0, 0.1) is 12.8 Å². The van der Waals surface area contributed by atoms with Gasteiger partial charge in [-0.2, -0.15) is 0 Å². The molecule has 3 aliphatic rings. The summed E-state index contributed by atoms with van der Waals surface area (Å²) in [6, 6.07) is 79.0. The van der Waals surface area contributed by atoms with E-state index in [1.54, 1.807) is 6.07 Å². The smallest absolute Gasteiger partial charge is 0.227 e. The molecule has 13 aromatic rings. The number of nitrogens with zero attached hydrogens (tertiary/aromatic N) is 2. The molecule has 2 atom stereocenters. The maximum Gasteiger partial charge on any atom is 0.227 e. The monoisotopic (exact) mass is 1750 g/mol. The van der Waals surface area contributed by atoms with Crippen LogP contribution in [0.2, 0.25) is 0 Å². The molecule has 2 unspecified atom stereocenters. The van der Waals surface area contributed by atoms with Crippen molar-refractivity contribution in [3.8, 4) is 28.7 Å². The van der Waals surface area contributed by atoms with Gasteiger partial charge in [0, 0.05) is 90.6 Å². The summed E-state index contributed by atoms with van der Waals surface area (Å²) in [6.07, 6.45) is 8.37. The minimum absolute atomic E-state index is 0.00146. The van der Waals surface area contributed by atoms with Crippen LogP contribution in [0.25, 0.3) is 22.2 Å². The van der Waals surface area contributed by atoms with Crippen molar-refractivity contribution in [2.24, 2.45) is 5.92 Å². The van der Waals surface area contributed by atoms with Gasteiger partial charge in [-0.25, -0.2) is 9.97 Å². The normalized spacial score (nSPS) is 13.1. The highest BCUT2D eigenvalue weighted by Gasteiger charge is 2.25. The van der Waals surface area contributed by atoms with Gasteiger partial charge in [-0.3, -0.25) is 24.0 Å². The Morgan fingerprint density at radius 1 is 0.331 bits per heavy atom. The summed E-state index contributed by atoms with van der Waals surface area (Å²) in [5, 5.41) is 14.8. The van der Waals surface area contributed by atoms with Crippen LogP contribution in [0.5, 0.6) is 28.7 Å². The third kappa shape index (κ3) is 28.4. The van der Waals surface area contributed by atoms with Crippen molar-refractivity contribution in [1.29, 1.82) is 0 Å². The fourth-order valence-corrected chi connectivity index (χ4v) is 15.0. The molecule has 19 nitrogen and oxygen atoms in total. The highest BCUT2D eigenvalue weighted by Crippen LogP contribution is 2.38. The van der Waals surface area contributed by atoms with Crippen molar-refractivity contribution in [3.63, 3.8) is 0 Å². The third-order valence-electron chi connectivity index (χ3n) is 23.1. The molecular weight excluding hydrogens is 1620 g/mol. The zero-order valence-corrected chi connectivity index (χ0v) is 78.5. The van der Waals surface area contributed by atoms with E-state index < -0.39 is 0 Å². The predicted molar refractivity (Wildman–Crippen MR) is 523 cm³/mol. The number of carbonyl (C=O) groups is 5. The highest BCUT2D eigenvalue weighted by molar-refractivity contribution is 5.95. The van der Waals surface area contributed by atoms with Gasteiger partial charge in [0.25, 0.3) is 0 Å². The van der Waals surface area contributed by atoms with E-state index >= 15 is 0 Å². The minimum atomic E-state index is -0.122. The first-order valence-corrected chi connectivity index (χ1v) is 45.1. The number of benzene rings is 11. The van der Waals surface area contributed by atoms with Crippen LogP contribution in [0.3, 0.4) is 0 Å². The van der Waals surface area contributed by atoms with E-state index in [9.17, 15) is 24.0 Å². The molecule has 0 aliphatic carbocycles. The Kier molecular flexibility index (Phi) is 31.8. The average Bonchev–Trinajstić information content (AvgIpc) is 1.14. The molecule has 2 aromatic heterocycles. The Bertz CT molecular complexity index is 5820. The quantitative estimate of drug-likeness (QED) is 0.0449. The van der Waals surface area contributed by atoms with Gasteiger partial charge < -0.3 is 59.1 Å². The van der Waals surface area contributed by atoms with Gasteiger partial charge in [0.15, 0.2) is 47.0 Å². The van der Waals surface area contributed by atoms with E-state index in [2.05, 4.69) is 293 Å². The van der Waals surface area contributed by atoms with Gasteiger partial charge in [-0.15, -0.1) is 0 Å². The molecule has 678 valence electrons. The summed E-state index contributed by atoms with van der Waals surface area (Å²) in [6.45, 7) is 39.9. The van der Waals surface area contributed by atoms with Crippen LogP contribution in [0.15, 0.2) is 258 Å². The van der Waals surface area contributed by atoms with Crippen LogP contribution >= 0.6 is 0 Å². The van der Waals surface area contributed by atoms with Gasteiger partial charge in [-0.05, 0) is 199 Å². The maximum absolute atomic E-state index is 13.0. The zero-order chi connectivity index (χ0) is 92.9. The highest BCUT2D eigenvalue weighted by atomic mass is 16.6. The fourth-order valence-electron chi connectivity index (χ4n) is 15.0. The Morgan fingerprint density at radius 2 is 0.677 bits per heavy atom. The van der Waals surface area contributed by atoms with Gasteiger partial charge in [0.05, 0.1) is 6.61 Å². The van der Waals surface area contributed by atoms with Crippen LogP contribution < -0.4 is 50.3 Å². The number of amides is 5. The predicted octanol–water partition coefficient (Wildman–Crippen LogP) is 24.7. The Labute approximate surface area is 766 Å². The average molecular weight is 1750 g/mol. The topological polar surface area (TPSA) is 244 Å². The SMILES string of the molecule is CC(C)(C)c1ccc(CCC(=O)Nc2ccc3c(c2)CCO3)cc1.CC(C)(C)c1ccc(CCC(=O)Nc2ccc3ncoc3c2)cc1.CC(C)(C)c1ccc(CCC(=O)Nc2ccc3ocnc3c2)cc1.CC(Cc1ccc(C(C)(C)C)cc1)C(=O)Nc1ccc2c(c1)OCCO2.Cc1ccc(C(CC(=O)Nc2ccc3c(c2)OCCO3)c2ccc(C(C)(C)C)cc2)cc1. The van der Waals surface area contributed by atoms with Crippen molar-refractivity contribution in [1.82, 2.24) is 9.97 Å². The Hall–Kier alpha value is -13.3. The molecule has 11 aromatic carbocycles. The molecule has 5 heterocycles. The zero-order valence-electron chi connectivity index (χ0n) is 78.5. The Balaban J connectivity index is 0.000000148. The lowest BCUT2D eigenvalue weighted by molar-refractivity contribution is -0.119. The number of oxazole rings is 2. The first-order valence-electron chi connectivity index (χ1n) is 45.1. The maximum atomic E-state index is 13.0. The number of fused-ring (bicyclic) bond motifs is 5. The van der Waals surface area contributed by atoms with Crippen LogP contribution in [-0.4, -0.2) is 72.5 Å². The number of nitrogens with one attached hydrogen (secondary N) is 5. The number of ether oxygens (including phenoxy) is 5. The van der Waals surface area contributed by atoms with Crippen LogP contribution in [0.4, 0.5) is 28.4 Å². The molecule has 0 bridgehead atoms. The lowest BCUT2D eigenvalue weighted by Gasteiger charge is -2.22. The van der Waals surface area contributed by atoms with E-state index in [-0.39, 0.29) is 68.4 Å². The Morgan fingerprint density at radius 3 is 1.13 bits per heavy atom. The first-order chi connectivity index (χ1) is 61.9. The molecular formula is C111H127N7O12. The molecule has 0 radical (unpaired) electrons. The van der Waals surface area contributed by atoms with E-state index in [0.29, 0.717) is 92.6 Å². The molecule has 0 saturated heterocycles. The van der Waals surface area contributed by atoms with Crippen molar-refractivity contribution in [2.45, 2.75) is 208 Å². The molecule has 5 amide bonds. The molecule has 16 rings (SSSR count). The summed E-state index contributed by atoms with van der Waals surface area (Å²) >= 11 is 0. The lowest BCUT2D eigenvalue weighted by atomic mass is 9.83. The largest absolute Gasteiger partial charge is 0.493 e. The molecule has 19 heteroatoms. The number of hydrogen-bond donors (Lipinski definition) is 5. The fraction of sp³-hybridized carbons (Fsp3) is 0.342. The van der Waals surface area contributed by atoms with Crippen molar-refractivity contribution < 1.29 is 56.5 Å². The summed E-state index contributed by atoms with van der Waals surface area (Å²) < 4.78 is 38.2. The summed E-state index contributed by atoms with van der Waals surface area (Å²) in [7, 11) is 0. The lowest BCUT2D eigenvalue weighted by Crippen LogP contribution is -2.22. The van der Waals surface area contributed by atoms with Crippen LogP contribution in [-0.2, 0) is 83.2 Å². The summed E-state index contributed by atoms with van der Waals surface area (Å²) in [5.74, 6) is 3.58. The van der Waals surface area contributed by atoms with Gasteiger partial charge in [0.1, 0.15) is 43.2 Å². The number of carbonyl (C=O) groups excluding carboxylic acids is 5. The van der Waals surface area contributed by atoms with E-state index in [0.717, 1.165) is 88.7 Å². The second-order valence-corrected chi connectivity index (χ2v) is 38.8. The van der Waals surface area contributed by atoms with Gasteiger partial charge in [0.2, 0.25) is 29.5 Å². The standard InChI is InChI=1S/C28H31NO3.C22H27NO3.C21H25NO2.2C20H22N2O2/c1-19-5-7-20(8-6-19)24(21-9-11-22(12-10-21)28(2,3)4)18-27(30)29-23-13-14-25-26(17-23)32-16-15-31-25;1-15(13-16-5-7-17(8-6-16)22(2,3)4)21(24)23-18-9-10-19-20(14-18)26-12-11-25-19;1-21(2,3)17-7-4-15(5-8-17)6-11-20(23)22-18-9-10-19-16(14-18)12-13-24-19;1-20(2,3)15-7-4-14(5-8-15)6-11-19(23)22-16-9-10-18-17(12-16)21-13-24-18;1-20(2,3)15-7-4-14(5-8-15)6-11-19(23)22-16-9-10-17-18(12-16)24-13-21-17/h5-14,17,24H,15-16,18H2,1-4H3,(H,29,30);5-10,14-15H,11-13H2,1-4H3,(H,23,24);4-5,7-10,14H,6,11-13H2,1-3H3,(H,22,23);2*4-5,7-10,12-13H,6,11H2,1-3H3,(H,22,23). The van der Waals surface area contributed by atoms with Gasteiger partial charge >= 0.3 is 0 Å². The third-order valence-corrected chi connectivity index (χ3v) is 23.1. The number of anilines is 5. The first kappa shape index (κ1) is 95.8. The van der Waals surface area contributed by atoms with E-state index in [1.807, 2.05) is 91.9 Å². The van der Waals surface area contributed by atoms with E-state index in [4.69, 9.17) is 32.5 Å². The minimum Gasteiger partial charge on any atom is -0.493 e. The van der Waals surface area contributed by atoms with E-state index in [1.165, 1.54) is 74.0 Å². The van der Waals surface area contributed by atoms with Crippen molar-refractivity contribution in [2.75, 3.05) is 59.6 Å². The molecule has 0 saturated carbocycles. The number of rotatable bonds is 21. The van der Waals surface area contributed by atoms with Gasteiger partial charge in [-0.1, -0.05) is 262 Å². The molecule has 130 heavy (non-hydrogen) atoms. The summed E-state index contributed by atoms with van der Waals surface area (Å²) in [4.78, 5) is 70.2. The van der Waals surface area contributed by atoms with Crippen LogP contribution in [0.1, 0.15) is 215 Å². The summed E-state index contributed by atoms with van der Waals surface area (Å²) in [5.41, 5.74) is 23.2. The molecule has 0 fully saturated rings. The number of aryl methyl sites for hydroxylation is 4. The molecule has 3 aliphatic heterocycles. The molecule has 5 N–H and O–H groups in total.